The minimum absolute atomic E-state index is 0.00832. The molecule has 0 saturated carbocycles. The van der Waals surface area contributed by atoms with Gasteiger partial charge in [0.2, 0.25) is 15.9 Å². The third kappa shape index (κ3) is 5.81. The van der Waals surface area contributed by atoms with Gasteiger partial charge in [0.1, 0.15) is 5.82 Å². The van der Waals surface area contributed by atoms with Gasteiger partial charge in [0.25, 0.3) is 0 Å². The average molecular weight is 385 g/mol. The van der Waals surface area contributed by atoms with Gasteiger partial charge in [-0.2, -0.15) is 0 Å². The number of benzene rings is 2. The van der Waals surface area contributed by atoms with Crippen molar-refractivity contribution in [3.63, 3.8) is 0 Å². The van der Waals surface area contributed by atoms with E-state index >= 15 is 0 Å². The number of amides is 1. The Labute approximate surface area is 151 Å². The van der Waals surface area contributed by atoms with Gasteiger partial charge in [0, 0.05) is 31.6 Å². The van der Waals surface area contributed by atoms with Crippen molar-refractivity contribution in [1.82, 2.24) is 9.62 Å². The number of hydrogen-bond donors (Lipinski definition) is 1. The minimum atomic E-state index is -3.72. The first-order valence-electron chi connectivity index (χ1n) is 7.51. The topological polar surface area (TPSA) is 66.5 Å². The molecular weight excluding hydrogens is 367 g/mol. The van der Waals surface area contributed by atoms with Gasteiger partial charge in [-0.1, -0.05) is 29.8 Å². The van der Waals surface area contributed by atoms with Crippen molar-refractivity contribution in [3.05, 3.63) is 64.9 Å². The van der Waals surface area contributed by atoms with E-state index in [1.807, 2.05) is 0 Å². The predicted octanol–water partition coefficient (Wildman–Crippen LogP) is 2.81. The van der Waals surface area contributed by atoms with Gasteiger partial charge in [0.05, 0.1) is 4.90 Å². The Morgan fingerprint density at radius 2 is 1.92 bits per heavy atom. The van der Waals surface area contributed by atoms with Gasteiger partial charge in [-0.15, -0.1) is 0 Å². The van der Waals surface area contributed by atoms with Crippen LogP contribution < -0.4 is 4.72 Å². The summed E-state index contributed by atoms with van der Waals surface area (Å²) >= 11 is 5.79. The van der Waals surface area contributed by atoms with Crippen LogP contribution in [0.15, 0.2) is 53.4 Å². The number of rotatable bonds is 7. The maximum Gasteiger partial charge on any atom is 0.240 e. The summed E-state index contributed by atoms with van der Waals surface area (Å²) in [6.07, 6.45) is -0.00832. The number of carbonyl (C=O) groups is 1. The molecule has 0 saturated heterocycles. The zero-order valence-electron chi connectivity index (χ0n) is 13.6. The lowest BCUT2D eigenvalue weighted by Crippen LogP contribution is -2.32. The summed E-state index contributed by atoms with van der Waals surface area (Å²) in [6.45, 7) is 0.207. The highest BCUT2D eigenvalue weighted by molar-refractivity contribution is 7.89. The molecular formula is C17H18ClFN2O3S. The lowest BCUT2D eigenvalue weighted by atomic mass is 10.2. The summed E-state index contributed by atoms with van der Waals surface area (Å²) in [5.74, 6) is -0.620. The molecule has 2 aromatic rings. The number of hydrogen-bond acceptors (Lipinski definition) is 3. The smallest absolute Gasteiger partial charge is 0.240 e. The zero-order valence-corrected chi connectivity index (χ0v) is 15.1. The zero-order chi connectivity index (χ0) is 18.4. The molecule has 0 radical (unpaired) electrons. The number of nitrogens with one attached hydrogen (secondary N) is 1. The first kappa shape index (κ1) is 19.4. The van der Waals surface area contributed by atoms with Gasteiger partial charge in [-0.3, -0.25) is 4.79 Å². The highest BCUT2D eigenvalue weighted by Crippen LogP contribution is 2.15. The van der Waals surface area contributed by atoms with Crippen molar-refractivity contribution in [2.24, 2.45) is 0 Å². The molecule has 5 nitrogen and oxygen atoms in total. The monoisotopic (exact) mass is 384 g/mol. The number of sulfonamides is 1. The molecule has 0 heterocycles. The standard InChI is InChI=1S/C17H18ClFN2O3S/c1-21(12-13-4-2-6-15(19)10-13)17(22)8-9-20-25(23,24)16-7-3-5-14(18)11-16/h2-7,10-11,20H,8-9,12H2,1H3. The second-order valence-electron chi connectivity index (χ2n) is 5.48. The second kappa shape index (κ2) is 8.42. The molecule has 0 aromatic heterocycles. The van der Waals surface area contributed by atoms with Crippen LogP contribution in [0.1, 0.15) is 12.0 Å². The van der Waals surface area contributed by atoms with Gasteiger partial charge in [0.15, 0.2) is 0 Å². The Kier molecular flexibility index (Phi) is 6.52. The minimum Gasteiger partial charge on any atom is -0.341 e. The quantitative estimate of drug-likeness (QED) is 0.798. The Morgan fingerprint density at radius 1 is 1.20 bits per heavy atom. The van der Waals surface area contributed by atoms with Crippen LogP contribution in [0.2, 0.25) is 5.02 Å². The third-order valence-corrected chi connectivity index (χ3v) is 5.17. The second-order valence-corrected chi connectivity index (χ2v) is 7.69. The number of carbonyl (C=O) groups excluding carboxylic acids is 1. The molecule has 134 valence electrons. The van der Waals surface area contributed by atoms with Gasteiger partial charge >= 0.3 is 0 Å². The maximum atomic E-state index is 13.2. The van der Waals surface area contributed by atoms with Crippen LogP contribution in [-0.4, -0.2) is 32.8 Å². The molecule has 0 atom stereocenters. The van der Waals surface area contributed by atoms with E-state index in [9.17, 15) is 17.6 Å². The molecule has 0 aliphatic rings. The van der Waals surface area contributed by atoms with E-state index < -0.39 is 10.0 Å². The molecule has 0 unspecified atom stereocenters. The van der Waals surface area contributed by atoms with Crippen LogP contribution in [0.4, 0.5) is 4.39 Å². The molecule has 0 fully saturated rings. The van der Waals surface area contributed by atoms with Crippen molar-refractivity contribution < 1.29 is 17.6 Å². The third-order valence-electron chi connectivity index (χ3n) is 3.47. The summed E-state index contributed by atoms with van der Waals surface area (Å²) in [5, 5.41) is 0.314. The summed E-state index contributed by atoms with van der Waals surface area (Å²) in [6, 6.07) is 11.8. The van der Waals surface area contributed by atoms with E-state index in [-0.39, 0.29) is 36.1 Å². The Hall–Kier alpha value is -1.96. The van der Waals surface area contributed by atoms with Crippen LogP contribution in [0, 0.1) is 5.82 Å². The summed E-state index contributed by atoms with van der Waals surface area (Å²) in [4.78, 5) is 13.5. The van der Waals surface area contributed by atoms with Crippen molar-refractivity contribution >= 4 is 27.5 Å². The number of halogens is 2. The average Bonchev–Trinajstić information content (AvgIpc) is 2.54. The van der Waals surface area contributed by atoms with E-state index in [0.717, 1.165) is 0 Å². The van der Waals surface area contributed by atoms with Crippen molar-refractivity contribution in [2.45, 2.75) is 17.9 Å². The summed E-state index contributed by atoms with van der Waals surface area (Å²) < 4.78 is 39.8. The van der Waals surface area contributed by atoms with Crippen molar-refractivity contribution in [1.29, 1.82) is 0 Å². The molecule has 1 amide bonds. The molecule has 0 bridgehead atoms. The molecule has 0 spiro atoms. The highest BCUT2D eigenvalue weighted by Gasteiger charge is 2.16. The van der Waals surface area contributed by atoms with Gasteiger partial charge < -0.3 is 4.90 Å². The summed E-state index contributed by atoms with van der Waals surface area (Å²) in [7, 11) is -2.14. The summed E-state index contributed by atoms with van der Waals surface area (Å²) in [5.41, 5.74) is 0.662. The van der Waals surface area contributed by atoms with Crippen LogP contribution >= 0.6 is 11.6 Å². The van der Waals surface area contributed by atoms with Crippen LogP contribution in [-0.2, 0) is 21.4 Å². The Morgan fingerprint density at radius 3 is 2.60 bits per heavy atom. The largest absolute Gasteiger partial charge is 0.341 e. The fraction of sp³-hybridized carbons (Fsp3) is 0.235. The normalized spacial score (nSPS) is 11.3. The van der Waals surface area contributed by atoms with Gasteiger partial charge in [-0.05, 0) is 35.9 Å². The molecule has 0 aliphatic carbocycles. The first-order chi connectivity index (χ1) is 11.8. The van der Waals surface area contributed by atoms with E-state index in [0.29, 0.717) is 10.6 Å². The lowest BCUT2D eigenvalue weighted by molar-refractivity contribution is -0.130. The van der Waals surface area contributed by atoms with Crippen LogP contribution in [0.3, 0.4) is 0 Å². The van der Waals surface area contributed by atoms with Crippen molar-refractivity contribution in [2.75, 3.05) is 13.6 Å². The molecule has 0 aliphatic heterocycles. The van der Waals surface area contributed by atoms with Crippen molar-refractivity contribution in [3.8, 4) is 0 Å². The fourth-order valence-electron chi connectivity index (χ4n) is 2.20. The molecule has 2 rings (SSSR count). The molecule has 25 heavy (non-hydrogen) atoms. The maximum absolute atomic E-state index is 13.2. The molecule has 2 aromatic carbocycles. The van der Waals surface area contributed by atoms with E-state index in [4.69, 9.17) is 11.6 Å². The van der Waals surface area contributed by atoms with Gasteiger partial charge in [-0.25, -0.2) is 17.5 Å². The van der Waals surface area contributed by atoms with E-state index in [2.05, 4.69) is 4.72 Å². The van der Waals surface area contributed by atoms with E-state index in [1.54, 1.807) is 25.2 Å². The fourth-order valence-corrected chi connectivity index (χ4v) is 3.53. The van der Waals surface area contributed by atoms with E-state index in [1.165, 1.54) is 35.2 Å². The van der Waals surface area contributed by atoms with Crippen LogP contribution in [0.25, 0.3) is 0 Å². The molecule has 8 heteroatoms. The molecule has 1 N–H and O–H groups in total. The Balaban J connectivity index is 1.87. The Bertz CT molecular complexity index is 858. The lowest BCUT2D eigenvalue weighted by Gasteiger charge is -2.17. The predicted molar refractivity (Wildman–Crippen MR) is 94.1 cm³/mol. The van der Waals surface area contributed by atoms with Crippen LogP contribution in [0.5, 0.6) is 0 Å². The number of nitrogens with zero attached hydrogens (tertiary/aromatic N) is 1. The SMILES string of the molecule is CN(Cc1cccc(F)c1)C(=O)CCNS(=O)(=O)c1cccc(Cl)c1. The highest BCUT2D eigenvalue weighted by atomic mass is 35.5. The first-order valence-corrected chi connectivity index (χ1v) is 9.38.